The van der Waals surface area contributed by atoms with Crippen molar-refractivity contribution in [3.05, 3.63) is 65.5 Å². The lowest BCUT2D eigenvalue weighted by molar-refractivity contribution is 0.100. The highest BCUT2D eigenvalue weighted by Crippen LogP contribution is 2.29. The summed E-state index contributed by atoms with van der Waals surface area (Å²) in [5.74, 6) is 3.92. The van der Waals surface area contributed by atoms with Gasteiger partial charge in [0.05, 0.1) is 5.52 Å². The molecule has 0 bridgehead atoms. The Morgan fingerprint density at radius 1 is 0.857 bits per heavy atom. The number of rotatable bonds is 4. The summed E-state index contributed by atoms with van der Waals surface area (Å²) >= 11 is 0. The number of Topliss-reactive ketones (excluding diaryl/α,β-unsaturated/α-hetero) is 2. The Morgan fingerprint density at radius 3 is 1.83 bits per heavy atom. The van der Waals surface area contributed by atoms with Crippen LogP contribution in [-0.2, 0) is 0 Å². The molecule has 35 heavy (non-hydrogen) atoms. The molecule has 1 aliphatic rings. The molecule has 1 heterocycles. The minimum Gasteiger partial charge on any atom is -0.362 e. The molecule has 0 atom stereocenters. The number of hydrogen-bond donors (Lipinski definition) is 0. The van der Waals surface area contributed by atoms with E-state index in [9.17, 15) is 9.59 Å². The molecule has 5 nitrogen and oxygen atoms in total. The number of ketones is 2. The lowest BCUT2D eigenvalue weighted by Crippen LogP contribution is -2.12. The van der Waals surface area contributed by atoms with Crippen LogP contribution in [0.25, 0.3) is 10.9 Å². The maximum atomic E-state index is 10.8. The van der Waals surface area contributed by atoms with Gasteiger partial charge in [0.15, 0.2) is 11.6 Å². The van der Waals surface area contributed by atoms with Gasteiger partial charge in [0, 0.05) is 30.6 Å². The van der Waals surface area contributed by atoms with Crippen molar-refractivity contribution in [3.63, 3.8) is 0 Å². The van der Waals surface area contributed by atoms with E-state index in [4.69, 9.17) is 0 Å². The molecular formula is C30H41N3O2. The van der Waals surface area contributed by atoms with E-state index < -0.39 is 0 Å². The molecule has 3 aromatic rings. The largest absolute Gasteiger partial charge is 0.362 e. The van der Waals surface area contributed by atoms with Crippen LogP contribution in [0.15, 0.2) is 48.5 Å². The Bertz CT molecular complexity index is 1070. The fourth-order valence-corrected chi connectivity index (χ4v) is 4.19. The van der Waals surface area contributed by atoms with Crippen LogP contribution >= 0.6 is 0 Å². The average Bonchev–Trinajstić information content (AvgIpc) is 2.84. The van der Waals surface area contributed by atoms with Crippen LogP contribution < -0.4 is 4.90 Å². The fourth-order valence-electron chi connectivity index (χ4n) is 4.19. The Hall–Kier alpha value is -3.08. The summed E-state index contributed by atoms with van der Waals surface area (Å²) in [4.78, 5) is 32.5. The predicted octanol–water partition coefficient (Wildman–Crippen LogP) is 7.32. The number of aryl methyl sites for hydroxylation is 1. The zero-order valence-corrected chi connectivity index (χ0v) is 22.5. The van der Waals surface area contributed by atoms with E-state index in [1.807, 2.05) is 50.2 Å². The van der Waals surface area contributed by atoms with Crippen LogP contribution in [0.3, 0.4) is 0 Å². The number of benzene rings is 2. The van der Waals surface area contributed by atoms with Gasteiger partial charge in [-0.25, -0.2) is 9.97 Å². The molecule has 1 aliphatic carbocycles. The first-order valence-corrected chi connectivity index (χ1v) is 12.6. The van der Waals surface area contributed by atoms with Crippen molar-refractivity contribution < 1.29 is 9.59 Å². The zero-order valence-electron chi connectivity index (χ0n) is 22.5. The number of aromatic nitrogens is 2. The summed E-state index contributed by atoms with van der Waals surface area (Å²) in [7, 11) is 3.99. The number of hydrogen-bond acceptors (Lipinski definition) is 5. The topological polar surface area (TPSA) is 63.2 Å². The molecule has 0 saturated heterocycles. The molecule has 5 heteroatoms. The van der Waals surface area contributed by atoms with Crippen LogP contribution in [0.5, 0.6) is 0 Å². The first-order chi connectivity index (χ1) is 16.6. The molecule has 4 rings (SSSR count). The van der Waals surface area contributed by atoms with Gasteiger partial charge in [-0.2, -0.15) is 0 Å². The standard InChI is InChI=1S/C11H13N3.C10H10O2.C9H18/c1-8-12-10-7-5-4-6-9(10)11(13-8)14(2)3;1-7(11)9-3-5-10(6-4-9)8(2)12;1-3-9-6-4-8(2)5-7-9/h4-7H,1-3H3;3-6H,1-2H3;8-9H,3-7H2,1-2H3. The molecule has 0 aliphatic heterocycles. The molecule has 0 spiro atoms. The van der Waals surface area contributed by atoms with E-state index >= 15 is 0 Å². The lowest BCUT2D eigenvalue weighted by atomic mass is 9.82. The normalized spacial score (nSPS) is 16.9. The van der Waals surface area contributed by atoms with E-state index in [1.54, 1.807) is 24.3 Å². The SMILES string of the molecule is CC(=O)c1ccc(C(C)=O)cc1.CCC1CCC(C)CC1.Cc1nc(N(C)C)c2ccccc2n1. The molecular weight excluding hydrogens is 434 g/mol. The van der Waals surface area contributed by atoms with Crippen LogP contribution in [0.1, 0.15) is 86.3 Å². The molecule has 1 aromatic heterocycles. The third-order valence-corrected chi connectivity index (χ3v) is 6.53. The third kappa shape index (κ3) is 8.89. The number of para-hydroxylation sites is 1. The Morgan fingerprint density at radius 2 is 1.37 bits per heavy atom. The van der Waals surface area contributed by atoms with Crippen LogP contribution in [0, 0.1) is 18.8 Å². The van der Waals surface area contributed by atoms with Crippen molar-refractivity contribution in [1.29, 1.82) is 0 Å². The molecule has 1 fully saturated rings. The first kappa shape index (κ1) is 28.2. The van der Waals surface area contributed by atoms with Crippen molar-refractivity contribution in [2.24, 2.45) is 11.8 Å². The number of carbonyl (C=O) groups excluding carboxylic acids is 2. The maximum absolute atomic E-state index is 10.8. The van der Waals surface area contributed by atoms with Gasteiger partial charge in [-0.15, -0.1) is 0 Å². The van der Waals surface area contributed by atoms with Crippen molar-refractivity contribution in [2.45, 2.75) is 66.7 Å². The van der Waals surface area contributed by atoms with Crippen molar-refractivity contribution in [1.82, 2.24) is 9.97 Å². The average molecular weight is 476 g/mol. The van der Waals surface area contributed by atoms with Crippen LogP contribution in [0.4, 0.5) is 5.82 Å². The summed E-state index contributed by atoms with van der Waals surface area (Å²) in [5.41, 5.74) is 2.28. The second-order valence-corrected chi connectivity index (χ2v) is 9.73. The molecule has 2 aromatic carbocycles. The Balaban J connectivity index is 0.000000190. The lowest BCUT2D eigenvalue weighted by Gasteiger charge is -2.24. The quantitative estimate of drug-likeness (QED) is 0.370. The summed E-state index contributed by atoms with van der Waals surface area (Å²) in [6.45, 7) is 9.62. The smallest absolute Gasteiger partial charge is 0.159 e. The van der Waals surface area contributed by atoms with E-state index in [2.05, 4.69) is 23.8 Å². The van der Waals surface area contributed by atoms with Crippen LogP contribution in [-0.4, -0.2) is 35.6 Å². The number of fused-ring (bicyclic) bond motifs is 1. The summed E-state index contributed by atoms with van der Waals surface area (Å²) in [5, 5.41) is 1.10. The highest BCUT2D eigenvalue weighted by Gasteiger charge is 2.15. The Labute approximate surface area is 211 Å². The molecule has 0 amide bonds. The second kappa shape index (κ2) is 13.7. The van der Waals surface area contributed by atoms with Gasteiger partial charge in [-0.05, 0) is 44.7 Å². The third-order valence-electron chi connectivity index (χ3n) is 6.53. The van der Waals surface area contributed by atoms with Gasteiger partial charge in [0.2, 0.25) is 0 Å². The van der Waals surface area contributed by atoms with Gasteiger partial charge in [-0.1, -0.05) is 82.3 Å². The van der Waals surface area contributed by atoms with Gasteiger partial charge in [0.25, 0.3) is 0 Å². The fraction of sp³-hybridized carbons (Fsp3) is 0.467. The number of carbonyl (C=O) groups is 2. The molecule has 0 unspecified atom stereocenters. The minimum absolute atomic E-state index is 0.0186. The van der Waals surface area contributed by atoms with Crippen molar-refractivity contribution in [3.8, 4) is 0 Å². The van der Waals surface area contributed by atoms with Gasteiger partial charge in [0.1, 0.15) is 11.6 Å². The highest BCUT2D eigenvalue weighted by atomic mass is 16.1. The van der Waals surface area contributed by atoms with Gasteiger partial charge >= 0.3 is 0 Å². The summed E-state index contributed by atoms with van der Waals surface area (Å²) < 4.78 is 0. The predicted molar refractivity (Wildman–Crippen MR) is 146 cm³/mol. The van der Waals surface area contributed by atoms with E-state index in [1.165, 1.54) is 46.0 Å². The summed E-state index contributed by atoms with van der Waals surface area (Å²) in [6, 6.07) is 14.7. The first-order valence-electron chi connectivity index (χ1n) is 12.6. The minimum atomic E-state index is 0.0186. The number of nitrogens with zero attached hydrogens (tertiary/aromatic N) is 3. The monoisotopic (exact) mass is 475 g/mol. The van der Waals surface area contributed by atoms with Gasteiger partial charge < -0.3 is 4.90 Å². The molecule has 0 N–H and O–H groups in total. The van der Waals surface area contributed by atoms with E-state index in [0.717, 1.165) is 34.4 Å². The van der Waals surface area contributed by atoms with Crippen molar-refractivity contribution in [2.75, 3.05) is 19.0 Å². The zero-order chi connectivity index (χ0) is 26.0. The van der Waals surface area contributed by atoms with Crippen molar-refractivity contribution >= 4 is 28.3 Å². The molecule has 0 radical (unpaired) electrons. The van der Waals surface area contributed by atoms with E-state index in [0.29, 0.717) is 11.1 Å². The highest BCUT2D eigenvalue weighted by molar-refractivity contribution is 5.97. The molecule has 1 saturated carbocycles. The van der Waals surface area contributed by atoms with Crippen LogP contribution in [0.2, 0.25) is 0 Å². The van der Waals surface area contributed by atoms with E-state index in [-0.39, 0.29) is 11.6 Å². The Kier molecular flexibility index (Phi) is 11.0. The molecule has 188 valence electrons. The second-order valence-electron chi connectivity index (χ2n) is 9.73. The summed E-state index contributed by atoms with van der Waals surface area (Å²) in [6.07, 6.45) is 7.37. The number of anilines is 1. The van der Waals surface area contributed by atoms with Gasteiger partial charge in [-0.3, -0.25) is 9.59 Å². The maximum Gasteiger partial charge on any atom is 0.159 e.